The van der Waals surface area contributed by atoms with Crippen LogP contribution in [0.5, 0.6) is 5.75 Å². The lowest BCUT2D eigenvalue weighted by molar-refractivity contribution is 0.0562. The van der Waals surface area contributed by atoms with Gasteiger partial charge < -0.3 is 13.9 Å². The Hall–Kier alpha value is -3.33. The normalized spacial score (nSPS) is 11.2. The molecule has 158 valence electrons. The van der Waals surface area contributed by atoms with E-state index in [9.17, 15) is 17.6 Å². The molecule has 9 heteroatoms. The summed E-state index contributed by atoms with van der Waals surface area (Å²) in [6.07, 6.45) is 0. The standard InChI is InChI=1S/C21H20FNO6S/c1-14-12-16(29-20(14)21(24)28-3)13-23(18-6-4-5-7-19(18)27-2)30(25,26)17-10-8-15(22)9-11-17/h4-12H,13H2,1-3H3. The minimum Gasteiger partial charge on any atom is -0.495 e. The topological polar surface area (TPSA) is 86.0 Å². The number of ether oxygens (including phenoxy) is 2. The Kier molecular flexibility index (Phi) is 6.12. The van der Waals surface area contributed by atoms with Gasteiger partial charge in [0.05, 0.1) is 31.3 Å². The summed E-state index contributed by atoms with van der Waals surface area (Å²) in [7, 11) is -1.47. The van der Waals surface area contributed by atoms with Crippen molar-refractivity contribution in [2.75, 3.05) is 18.5 Å². The maximum absolute atomic E-state index is 13.4. The summed E-state index contributed by atoms with van der Waals surface area (Å²) >= 11 is 0. The number of furan rings is 1. The molecule has 1 aromatic heterocycles. The molecule has 0 saturated heterocycles. The Labute approximate surface area is 173 Å². The van der Waals surface area contributed by atoms with Crippen LogP contribution in [0.3, 0.4) is 0 Å². The Balaban J connectivity index is 2.11. The van der Waals surface area contributed by atoms with Crippen LogP contribution >= 0.6 is 0 Å². The van der Waals surface area contributed by atoms with E-state index < -0.39 is 21.8 Å². The molecule has 0 saturated carbocycles. The van der Waals surface area contributed by atoms with E-state index in [2.05, 4.69) is 4.74 Å². The third-order valence-electron chi connectivity index (χ3n) is 4.39. The zero-order valence-corrected chi connectivity index (χ0v) is 17.4. The maximum atomic E-state index is 13.4. The van der Waals surface area contributed by atoms with Gasteiger partial charge in [0.2, 0.25) is 5.76 Å². The fourth-order valence-corrected chi connectivity index (χ4v) is 4.37. The summed E-state index contributed by atoms with van der Waals surface area (Å²) in [6.45, 7) is 1.43. The fraction of sp³-hybridized carbons (Fsp3) is 0.190. The SMILES string of the molecule is COC(=O)c1oc(CN(c2ccccc2OC)S(=O)(=O)c2ccc(F)cc2)cc1C. The minimum absolute atomic E-state index is 0.00773. The number of hydrogen-bond donors (Lipinski definition) is 0. The summed E-state index contributed by atoms with van der Waals surface area (Å²) < 4.78 is 56.8. The highest BCUT2D eigenvalue weighted by atomic mass is 32.2. The quantitative estimate of drug-likeness (QED) is 0.525. The molecule has 0 aliphatic rings. The number of halogens is 1. The molecule has 0 radical (unpaired) electrons. The minimum atomic E-state index is -4.12. The summed E-state index contributed by atoms with van der Waals surface area (Å²) in [5, 5.41) is 0. The zero-order valence-electron chi connectivity index (χ0n) is 16.6. The van der Waals surface area contributed by atoms with Gasteiger partial charge in [-0.3, -0.25) is 4.31 Å². The third-order valence-corrected chi connectivity index (χ3v) is 6.17. The van der Waals surface area contributed by atoms with Gasteiger partial charge in [-0.15, -0.1) is 0 Å². The Morgan fingerprint density at radius 1 is 1.10 bits per heavy atom. The van der Waals surface area contributed by atoms with Crippen molar-refractivity contribution in [1.82, 2.24) is 0 Å². The van der Waals surface area contributed by atoms with Crippen molar-refractivity contribution in [2.24, 2.45) is 0 Å². The second kappa shape index (κ2) is 8.58. The van der Waals surface area contributed by atoms with Gasteiger partial charge in [0.15, 0.2) is 0 Å². The number of anilines is 1. The van der Waals surface area contributed by atoms with Crippen molar-refractivity contribution in [3.05, 3.63) is 77.5 Å². The number of aryl methyl sites for hydroxylation is 1. The predicted octanol–water partition coefficient (Wildman–Crippen LogP) is 3.92. The molecular weight excluding hydrogens is 413 g/mol. The lowest BCUT2D eigenvalue weighted by atomic mass is 10.2. The first kappa shape index (κ1) is 21.4. The number of para-hydroxylation sites is 2. The maximum Gasteiger partial charge on any atom is 0.374 e. The summed E-state index contributed by atoms with van der Waals surface area (Å²) in [5.74, 6) is -0.679. The Morgan fingerprint density at radius 2 is 1.77 bits per heavy atom. The van der Waals surface area contributed by atoms with Gasteiger partial charge in [0.25, 0.3) is 10.0 Å². The smallest absolute Gasteiger partial charge is 0.374 e. The van der Waals surface area contributed by atoms with Gasteiger partial charge in [-0.25, -0.2) is 17.6 Å². The summed E-state index contributed by atoms with van der Waals surface area (Å²) in [6, 6.07) is 12.6. The molecule has 2 aromatic carbocycles. The average molecular weight is 433 g/mol. The summed E-state index contributed by atoms with van der Waals surface area (Å²) in [4.78, 5) is 11.7. The van der Waals surface area contributed by atoms with Crippen LogP contribution in [0, 0.1) is 12.7 Å². The molecule has 0 aliphatic carbocycles. The van der Waals surface area contributed by atoms with E-state index in [-0.39, 0.29) is 28.6 Å². The van der Waals surface area contributed by atoms with Crippen molar-refractivity contribution in [1.29, 1.82) is 0 Å². The van der Waals surface area contributed by atoms with Crippen LogP contribution in [0.4, 0.5) is 10.1 Å². The molecule has 0 fully saturated rings. The highest BCUT2D eigenvalue weighted by molar-refractivity contribution is 7.92. The molecule has 0 aliphatic heterocycles. The fourth-order valence-electron chi connectivity index (χ4n) is 2.93. The summed E-state index contributed by atoms with van der Waals surface area (Å²) in [5.41, 5.74) is 0.772. The van der Waals surface area contributed by atoms with Crippen LogP contribution in [-0.2, 0) is 21.3 Å². The lowest BCUT2D eigenvalue weighted by Gasteiger charge is -2.25. The molecule has 0 N–H and O–H groups in total. The van der Waals surface area contributed by atoms with Crippen molar-refractivity contribution in [3.63, 3.8) is 0 Å². The van der Waals surface area contributed by atoms with Crippen LogP contribution in [0.2, 0.25) is 0 Å². The Bertz CT molecular complexity index is 1150. The van der Waals surface area contributed by atoms with Crippen molar-refractivity contribution >= 4 is 21.7 Å². The van der Waals surface area contributed by atoms with Gasteiger partial charge in [-0.05, 0) is 49.4 Å². The van der Waals surface area contributed by atoms with Gasteiger partial charge in [0, 0.05) is 5.56 Å². The second-order valence-electron chi connectivity index (χ2n) is 6.35. The van der Waals surface area contributed by atoms with Crippen LogP contribution in [-0.4, -0.2) is 28.6 Å². The number of esters is 1. The van der Waals surface area contributed by atoms with E-state index in [4.69, 9.17) is 9.15 Å². The molecule has 0 bridgehead atoms. The molecule has 30 heavy (non-hydrogen) atoms. The number of carbonyl (C=O) groups excluding carboxylic acids is 1. The lowest BCUT2D eigenvalue weighted by Crippen LogP contribution is -2.30. The van der Waals surface area contributed by atoms with Crippen LogP contribution in [0.1, 0.15) is 21.9 Å². The molecule has 0 unspecified atom stereocenters. The van der Waals surface area contributed by atoms with E-state index in [0.29, 0.717) is 11.3 Å². The first-order valence-corrected chi connectivity index (χ1v) is 10.3. The number of rotatable bonds is 7. The number of sulfonamides is 1. The zero-order chi connectivity index (χ0) is 21.9. The molecule has 0 amide bonds. The van der Waals surface area contributed by atoms with E-state index in [1.54, 1.807) is 37.3 Å². The number of hydrogen-bond acceptors (Lipinski definition) is 6. The number of benzene rings is 2. The molecule has 0 spiro atoms. The van der Waals surface area contributed by atoms with Crippen molar-refractivity contribution < 1.29 is 31.5 Å². The largest absolute Gasteiger partial charge is 0.495 e. The van der Waals surface area contributed by atoms with Crippen LogP contribution in [0.15, 0.2) is 63.9 Å². The van der Waals surface area contributed by atoms with Crippen LogP contribution in [0.25, 0.3) is 0 Å². The van der Waals surface area contributed by atoms with Crippen molar-refractivity contribution in [2.45, 2.75) is 18.4 Å². The van der Waals surface area contributed by atoms with Gasteiger partial charge in [-0.1, -0.05) is 12.1 Å². The van der Waals surface area contributed by atoms with E-state index in [1.165, 1.54) is 26.4 Å². The molecule has 0 atom stereocenters. The monoisotopic (exact) mass is 433 g/mol. The number of nitrogens with zero attached hydrogens (tertiary/aromatic N) is 1. The Morgan fingerprint density at radius 3 is 2.40 bits per heavy atom. The molecule has 7 nitrogen and oxygen atoms in total. The molecule has 3 aromatic rings. The average Bonchev–Trinajstić information content (AvgIpc) is 3.12. The first-order chi connectivity index (χ1) is 14.3. The highest BCUT2D eigenvalue weighted by Gasteiger charge is 2.29. The van der Waals surface area contributed by atoms with E-state index >= 15 is 0 Å². The first-order valence-electron chi connectivity index (χ1n) is 8.87. The third kappa shape index (κ3) is 4.16. The second-order valence-corrected chi connectivity index (χ2v) is 8.22. The van der Waals surface area contributed by atoms with Gasteiger partial charge in [-0.2, -0.15) is 0 Å². The molecular formula is C21H20FNO6S. The van der Waals surface area contributed by atoms with E-state index in [0.717, 1.165) is 16.4 Å². The highest BCUT2D eigenvalue weighted by Crippen LogP contribution is 2.34. The van der Waals surface area contributed by atoms with Crippen LogP contribution < -0.4 is 9.04 Å². The van der Waals surface area contributed by atoms with Gasteiger partial charge in [0.1, 0.15) is 17.3 Å². The predicted molar refractivity (Wildman–Crippen MR) is 108 cm³/mol. The van der Waals surface area contributed by atoms with Crippen molar-refractivity contribution in [3.8, 4) is 5.75 Å². The molecule has 3 rings (SSSR count). The number of carbonyl (C=O) groups is 1. The van der Waals surface area contributed by atoms with Gasteiger partial charge >= 0.3 is 5.97 Å². The molecule has 1 heterocycles. The number of methoxy groups -OCH3 is 2. The van der Waals surface area contributed by atoms with E-state index in [1.807, 2.05) is 0 Å².